The lowest BCUT2D eigenvalue weighted by Crippen LogP contribution is -2.14. The van der Waals surface area contributed by atoms with E-state index in [-0.39, 0.29) is 18.1 Å². The first kappa shape index (κ1) is 28.0. The van der Waals surface area contributed by atoms with Crippen LogP contribution in [-0.2, 0) is 23.0 Å². The summed E-state index contributed by atoms with van der Waals surface area (Å²) < 4.78 is 54.1. The maximum absolute atomic E-state index is 14.9. The van der Waals surface area contributed by atoms with Crippen LogP contribution in [0.2, 0.25) is 0 Å². The van der Waals surface area contributed by atoms with Crippen LogP contribution in [0.5, 0.6) is 0 Å². The second-order valence-electron chi connectivity index (χ2n) is 10.4. The van der Waals surface area contributed by atoms with Crippen LogP contribution in [0.25, 0.3) is 33.0 Å². The summed E-state index contributed by atoms with van der Waals surface area (Å²) in [4.78, 5) is 15.4. The van der Waals surface area contributed by atoms with Crippen molar-refractivity contribution in [1.29, 1.82) is 0 Å². The first-order chi connectivity index (χ1) is 20.1. The Morgan fingerprint density at radius 2 is 1.74 bits per heavy atom. The van der Waals surface area contributed by atoms with Gasteiger partial charge in [0.2, 0.25) is 10.0 Å². The zero-order valence-corrected chi connectivity index (χ0v) is 23.8. The van der Waals surface area contributed by atoms with Gasteiger partial charge in [-0.2, -0.15) is 0 Å². The molecule has 7 nitrogen and oxygen atoms in total. The number of hydrogen-bond donors (Lipinski definition) is 2. The molecular weight excluding hydrogens is 580 g/mol. The lowest BCUT2D eigenvalue weighted by molar-refractivity contribution is 0.0691. The summed E-state index contributed by atoms with van der Waals surface area (Å²) in [7, 11) is -4.22. The summed E-state index contributed by atoms with van der Waals surface area (Å²) >= 11 is 1.24. The number of primary sulfonamides is 1. The van der Waals surface area contributed by atoms with Crippen LogP contribution in [0.1, 0.15) is 34.6 Å². The molecule has 3 N–H and O–H groups in total. The highest BCUT2D eigenvalue weighted by Gasteiger charge is 2.28. The number of thiazole rings is 1. The molecule has 3 aromatic carbocycles. The van der Waals surface area contributed by atoms with Crippen LogP contribution < -0.4 is 5.14 Å². The predicted molar refractivity (Wildman–Crippen MR) is 157 cm³/mol. The van der Waals surface area contributed by atoms with Crippen LogP contribution in [0.3, 0.4) is 0 Å². The van der Waals surface area contributed by atoms with Gasteiger partial charge in [-0.3, -0.25) is 0 Å². The van der Waals surface area contributed by atoms with E-state index in [0.29, 0.717) is 22.9 Å². The topological polar surface area (TPSA) is 115 Å². The fourth-order valence-electron chi connectivity index (χ4n) is 5.06. The summed E-state index contributed by atoms with van der Waals surface area (Å²) in [5.41, 5.74) is 5.56. The summed E-state index contributed by atoms with van der Waals surface area (Å²) in [5, 5.41) is 16.7. The van der Waals surface area contributed by atoms with Crippen LogP contribution in [-0.4, -0.2) is 29.0 Å². The first-order valence-electron chi connectivity index (χ1n) is 13.2. The van der Waals surface area contributed by atoms with Gasteiger partial charge in [0, 0.05) is 28.9 Å². The summed E-state index contributed by atoms with van der Waals surface area (Å²) in [6, 6.07) is 19.8. The van der Waals surface area contributed by atoms with E-state index in [9.17, 15) is 27.1 Å². The van der Waals surface area contributed by atoms with Gasteiger partial charge in [-0.05, 0) is 83.8 Å². The van der Waals surface area contributed by atoms with Gasteiger partial charge in [0.25, 0.3) is 0 Å². The Hall–Kier alpha value is -4.19. The van der Waals surface area contributed by atoms with Crippen molar-refractivity contribution >= 4 is 27.3 Å². The number of rotatable bonds is 9. The zero-order valence-electron chi connectivity index (χ0n) is 22.1. The fraction of sp³-hybridized carbons (Fsp3) is 0.161. The van der Waals surface area contributed by atoms with Crippen LogP contribution >= 0.6 is 11.3 Å². The SMILES string of the molecule is NS(=O)(=O)c1ccc(Cn2c(-c3cccc(-c4ccc(F)cc4)c3)cc(-c3nc(C(=O)O)cs3)c2CC2CC2)cc1F. The Morgan fingerprint density at radius 1 is 1.00 bits per heavy atom. The van der Waals surface area contributed by atoms with E-state index >= 15 is 0 Å². The molecule has 0 radical (unpaired) electrons. The average Bonchev–Trinajstić information content (AvgIpc) is 3.50. The van der Waals surface area contributed by atoms with Gasteiger partial charge >= 0.3 is 5.97 Å². The van der Waals surface area contributed by atoms with Crippen molar-refractivity contribution in [2.45, 2.75) is 30.7 Å². The minimum atomic E-state index is -4.22. The standard InChI is InChI=1S/C31H25F2N3O4S2/c32-23-9-7-20(8-10-23)21-2-1-3-22(14-21)27-15-24(30-35-26(17-41-30)31(37)38)28(13-18-4-5-18)36(27)16-19-6-11-29(25(33)12-19)42(34,39)40/h1-3,6-12,14-15,17-18H,4-5,13,16H2,(H,37,38)(H2,34,39,40). The molecule has 1 aliphatic carbocycles. The highest BCUT2D eigenvalue weighted by Crippen LogP contribution is 2.41. The Balaban J connectivity index is 1.52. The number of aromatic nitrogens is 2. The molecule has 0 saturated heterocycles. The zero-order chi connectivity index (χ0) is 29.6. The van der Waals surface area contributed by atoms with Crippen molar-refractivity contribution in [2.75, 3.05) is 0 Å². The number of carboxylic acids is 1. The van der Waals surface area contributed by atoms with Crippen molar-refractivity contribution in [3.8, 4) is 33.0 Å². The van der Waals surface area contributed by atoms with Crippen LogP contribution in [0, 0.1) is 17.6 Å². The highest BCUT2D eigenvalue weighted by atomic mass is 32.2. The van der Waals surface area contributed by atoms with E-state index < -0.39 is 26.7 Å². The minimum Gasteiger partial charge on any atom is -0.476 e. The van der Waals surface area contributed by atoms with Gasteiger partial charge in [-0.25, -0.2) is 32.1 Å². The average molecular weight is 606 g/mol. The normalized spacial score (nSPS) is 13.4. The number of halogens is 2. The molecule has 2 heterocycles. The maximum Gasteiger partial charge on any atom is 0.355 e. The number of nitrogens with two attached hydrogens (primary N) is 1. The van der Waals surface area contributed by atoms with Gasteiger partial charge in [0.15, 0.2) is 5.69 Å². The largest absolute Gasteiger partial charge is 0.476 e. The number of sulfonamides is 1. The van der Waals surface area contributed by atoms with Gasteiger partial charge in [0.05, 0.1) is 0 Å². The smallest absolute Gasteiger partial charge is 0.355 e. The second kappa shape index (κ2) is 10.9. The summed E-state index contributed by atoms with van der Waals surface area (Å²) in [6.45, 7) is 0.219. The molecule has 0 atom stereocenters. The fourth-order valence-corrected chi connectivity index (χ4v) is 6.48. The Bertz CT molecular complexity index is 1930. The number of carboxylic acid groups (broad SMARTS) is 1. The quantitative estimate of drug-likeness (QED) is 0.197. The summed E-state index contributed by atoms with van der Waals surface area (Å²) in [6.07, 6.45) is 2.85. The van der Waals surface area contributed by atoms with Gasteiger partial charge in [0.1, 0.15) is 21.5 Å². The molecule has 214 valence electrons. The van der Waals surface area contributed by atoms with E-state index in [1.807, 2.05) is 30.3 Å². The maximum atomic E-state index is 14.9. The van der Waals surface area contributed by atoms with Crippen LogP contribution in [0.4, 0.5) is 8.78 Å². The minimum absolute atomic E-state index is 0.0411. The van der Waals surface area contributed by atoms with E-state index in [1.54, 1.807) is 12.1 Å². The molecule has 0 amide bonds. The molecule has 0 spiro atoms. The number of aromatic carboxylic acids is 1. The highest BCUT2D eigenvalue weighted by molar-refractivity contribution is 7.89. The molecule has 1 saturated carbocycles. The van der Waals surface area contributed by atoms with E-state index in [1.165, 1.54) is 47.0 Å². The van der Waals surface area contributed by atoms with Crippen molar-refractivity contribution in [3.05, 3.63) is 107 Å². The molecule has 1 fully saturated rings. The lowest BCUT2D eigenvalue weighted by Gasteiger charge is -2.16. The van der Waals surface area contributed by atoms with E-state index in [4.69, 9.17) is 5.14 Å². The van der Waals surface area contributed by atoms with E-state index in [0.717, 1.165) is 46.5 Å². The Morgan fingerprint density at radius 3 is 2.38 bits per heavy atom. The number of carbonyl (C=O) groups is 1. The molecule has 6 rings (SSSR count). The third-order valence-corrected chi connectivity index (χ3v) is 9.14. The molecule has 0 unspecified atom stereocenters. The molecule has 0 bridgehead atoms. The van der Waals surface area contributed by atoms with Gasteiger partial charge in [-0.15, -0.1) is 11.3 Å². The second-order valence-corrected chi connectivity index (χ2v) is 12.8. The van der Waals surface area contributed by atoms with Crippen molar-refractivity contribution < 1.29 is 27.1 Å². The first-order valence-corrected chi connectivity index (χ1v) is 15.6. The molecule has 42 heavy (non-hydrogen) atoms. The summed E-state index contributed by atoms with van der Waals surface area (Å²) in [5.74, 6) is -1.92. The predicted octanol–water partition coefficient (Wildman–Crippen LogP) is 6.57. The van der Waals surface area contributed by atoms with Crippen molar-refractivity contribution in [1.82, 2.24) is 9.55 Å². The Kier molecular flexibility index (Phi) is 7.25. The monoisotopic (exact) mass is 605 g/mol. The lowest BCUT2D eigenvalue weighted by atomic mass is 10.0. The number of hydrogen-bond acceptors (Lipinski definition) is 5. The third kappa shape index (κ3) is 5.76. The van der Waals surface area contributed by atoms with Crippen molar-refractivity contribution in [3.63, 3.8) is 0 Å². The van der Waals surface area contributed by atoms with Crippen molar-refractivity contribution in [2.24, 2.45) is 11.1 Å². The van der Waals surface area contributed by atoms with E-state index in [2.05, 4.69) is 9.55 Å². The molecule has 0 aliphatic heterocycles. The molecule has 5 aromatic rings. The van der Waals surface area contributed by atoms with Gasteiger partial charge in [-0.1, -0.05) is 36.4 Å². The molecule has 1 aliphatic rings. The van der Waals surface area contributed by atoms with Crippen LogP contribution in [0.15, 0.2) is 83.1 Å². The number of nitrogens with zero attached hydrogens (tertiary/aromatic N) is 2. The molecule has 2 aromatic heterocycles. The third-order valence-electron chi connectivity index (χ3n) is 7.32. The Labute approximate surface area is 245 Å². The molecular formula is C31H25F2N3O4S2. The number of benzene rings is 3. The van der Waals surface area contributed by atoms with Gasteiger partial charge < -0.3 is 9.67 Å². The molecule has 11 heteroatoms.